The molecule has 0 atom stereocenters. The van der Waals surface area contributed by atoms with Crippen LogP contribution in [0.25, 0.3) is 10.9 Å². The molecule has 1 aliphatic heterocycles. The highest BCUT2D eigenvalue weighted by molar-refractivity contribution is 9.10. The van der Waals surface area contributed by atoms with Gasteiger partial charge in [-0.3, -0.25) is 0 Å². The first kappa shape index (κ1) is 13.0. The summed E-state index contributed by atoms with van der Waals surface area (Å²) < 4.78 is 14.5. The summed E-state index contributed by atoms with van der Waals surface area (Å²) >= 11 is 9.08. The Hall–Kier alpha value is -0.980. The van der Waals surface area contributed by atoms with Gasteiger partial charge in [0.2, 0.25) is 5.28 Å². The molecule has 0 unspecified atom stereocenters. The highest BCUT2D eigenvalue weighted by atomic mass is 79.9. The number of hydrogen-bond donors (Lipinski definition) is 1. The van der Waals surface area contributed by atoms with E-state index < -0.39 is 5.82 Å². The van der Waals surface area contributed by atoms with Gasteiger partial charge in [-0.2, -0.15) is 4.98 Å². The second kappa shape index (κ2) is 5.19. The molecule has 0 radical (unpaired) electrons. The summed E-state index contributed by atoms with van der Waals surface area (Å²) in [5, 5.41) is 4.02. The fraction of sp³-hybridized carbons (Fsp3) is 0.333. The molecule has 1 fully saturated rings. The smallest absolute Gasteiger partial charge is 0.225 e. The van der Waals surface area contributed by atoms with Crippen LogP contribution in [0, 0.1) is 5.82 Å². The zero-order valence-corrected chi connectivity index (χ0v) is 12.3. The third-order valence-electron chi connectivity index (χ3n) is 3.13. The topological polar surface area (TPSA) is 41.0 Å². The maximum atomic E-state index is 14.1. The number of nitrogens with zero attached hydrogens (tertiary/aromatic N) is 3. The lowest BCUT2D eigenvalue weighted by atomic mass is 10.2. The lowest BCUT2D eigenvalue weighted by Crippen LogP contribution is -2.44. The van der Waals surface area contributed by atoms with Crippen LogP contribution < -0.4 is 10.2 Å². The Labute approximate surface area is 123 Å². The lowest BCUT2D eigenvalue weighted by molar-refractivity contribution is 0.585. The van der Waals surface area contributed by atoms with Crippen LogP contribution in [0.15, 0.2) is 16.6 Å². The molecular weight excluding hydrogens is 335 g/mol. The van der Waals surface area contributed by atoms with Crippen LogP contribution in [0.2, 0.25) is 5.28 Å². The number of fused-ring (bicyclic) bond motifs is 1. The Morgan fingerprint density at radius 2 is 2.00 bits per heavy atom. The van der Waals surface area contributed by atoms with Crippen molar-refractivity contribution in [3.8, 4) is 0 Å². The predicted molar refractivity (Wildman–Crippen MR) is 77.3 cm³/mol. The lowest BCUT2D eigenvalue weighted by Gasteiger charge is -2.29. The molecule has 2 heterocycles. The van der Waals surface area contributed by atoms with E-state index in [1.54, 1.807) is 6.07 Å². The molecule has 7 heteroatoms. The molecule has 1 N–H and O–H groups in total. The Balaban J connectivity index is 2.20. The largest absolute Gasteiger partial charge is 0.353 e. The molecular formula is C12H11BrClFN4. The summed E-state index contributed by atoms with van der Waals surface area (Å²) in [5.41, 5.74) is 0.253. The van der Waals surface area contributed by atoms with Gasteiger partial charge in [0.25, 0.3) is 0 Å². The quantitative estimate of drug-likeness (QED) is 0.807. The van der Waals surface area contributed by atoms with E-state index in [1.165, 1.54) is 0 Å². The molecule has 1 aliphatic rings. The van der Waals surface area contributed by atoms with Gasteiger partial charge in [-0.1, -0.05) is 0 Å². The Kier molecular flexibility index (Phi) is 3.56. The summed E-state index contributed by atoms with van der Waals surface area (Å²) in [6, 6.07) is 3.48. The minimum Gasteiger partial charge on any atom is -0.353 e. The predicted octanol–water partition coefficient (Wildman–Crippen LogP) is 2.59. The molecule has 1 aromatic heterocycles. The van der Waals surface area contributed by atoms with Crippen molar-refractivity contribution >= 4 is 44.3 Å². The fourth-order valence-corrected chi connectivity index (χ4v) is 2.70. The summed E-state index contributed by atoms with van der Waals surface area (Å²) in [6.45, 7) is 3.39. The minimum absolute atomic E-state index is 0.0676. The Morgan fingerprint density at radius 3 is 2.74 bits per heavy atom. The molecule has 3 rings (SSSR count). The van der Waals surface area contributed by atoms with E-state index in [4.69, 9.17) is 11.6 Å². The van der Waals surface area contributed by atoms with Gasteiger partial charge in [0, 0.05) is 31.6 Å². The number of piperazine rings is 1. The van der Waals surface area contributed by atoms with Gasteiger partial charge in [0.05, 0.1) is 4.47 Å². The number of anilines is 1. The summed E-state index contributed by atoms with van der Waals surface area (Å²) in [7, 11) is 0. The van der Waals surface area contributed by atoms with Crippen molar-refractivity contribution in [1.82, 2.24) is 15.3 Å². The first-order valence-electron chi connectivity index (χ1n) is 5.94. The normalized spacial score (nSPS) is 16.1. The zero-order chi connectivity index (χ0) is 13.4. The molecule has 0 saturated carbocycles. The summed E-state index contributed by atoms with van der Waals surface area (Å²) in [4.78, 5) is 10.4. The zero-order valence-electron chi connectivity index (χ0n) is 9.96. The number of hydrogen-bond acceptors (Lipinski definition) is 4. The number of rotatable bonds is 1. The van der Waals surface area contributed by atoms with E-state index in [2.05, 4.69) is 36.1 Å². The van der Waals surface area contributed by atoms with Gasteiger partial charge >= 0.3 is 0 Å². The maximum absolute atomic E-state index is 14.1. The molecule has 0 bridgehead atoms. The summed E-state index contributed by atoms with van der Waals surface area (Å²) in [5.74, 6) is 0.293. The van der Waals surface area contributed by atoms with Crippen molar-refractivity contribution in [3.63, 3.8) is 0 Å². The molecule has 1 aromatic carbocycles. The van der Waals surface area contributed by atoms with Crippen molar-refractivity contribution in [2.75, 3.05) is 31.1 Å². The van der Waals surface area contributed by atoms with Crippen LogP contribution >= 0.6 is 27.5 Å². The third-order valence-corrected chi connectivity index (χ3v) is 3.91. The van der Waals surface area contributed by atoms with Crippen LogP contribution in [0.4, 0.5) is 10.2 Å². The highest BCUT2D eigenvalue weighted by Crippen LogP contribution is 2.30. The standard InChI is InChI=1S/C12H11BrClFN4/c13-8-2-1-7-10(9(8)15)17-12(14)18-11(7)19-5-3-16-4-6-19/h1-2,16H,3-6H2. The van der Waals surface area contributed by atoms with Crippen molar-refractivity contribution in [1.29, 1.82) is 0 Å². The van der Waals surface area contributed by atoms with Crippen LogP contribution in [-0.4, -0.2) is 36.1 Å². The number of benzene rings is 1. The highest BCUT2D eigenvalue weighted by Gasteiger charge is 2.18. The molecule has 2 aromatic rings. The van der Waals surface area contributed by atoms with Crippen LogP contribution in [0.3, 0.4) is 0 Å². The van der Waals surface area contributed by atoms with Gasteiger partial charge in [0.1, 0.15) is 11.3 Å². The molecule has 0 spiro atoms. The molecule has 100 valence electrons. The second-order valence-electron chi connectivity index (χ2n) is 4.31. The number of aromatic nitrogens is 2. The van der Waals surface area contributed by atoms with E-state index in [0.29, 0.717) is 15.7 Å². The molecule has 0 aliphatic carbocycles. The van der Waals surface area contributed by atoms with Gasteiger partial charge in [-0.25, -0.2) is 9.37 Å². The van der Waals surface area contributed by atoms with Crippen molar-refractivity contribution < 1.29 is 4.39 Å². The van der Waals surface area contributed by atoms with Crippen LogP contribution in [-0.2, 0) is 0 Å². The maximum Gasteiger partial charge on any atom is 0.225 e. The van der Waals surface area contributed by atoms with Crippen molar-refractivity contribution in [2.45, 2.75) is 0 Å². The van der Waals surface area contributed by atoms with E-state index in [0.717, 1.165) is 26.2 Å². The summed E-state index contributed by atoms with van der Waals surface area (Å²) in [6.07, 6.45) is 0. The average molecular weight is 346 g/mol. The van der Waals surface area contributed by atoms with Crippen LogP contribution in [0.1, 0.15) is 0 Å². The monoisotopic (exact) mass is 344 g/mol. The Morgan fingerprint density at radius 1 is 1.26 bits per heavy atom. The van der Waals surface area contributed by atoms with Crippen molar-refractivity contribution in [2.24, 2.45) is 0 Å². The SMILES string of the molecule is Fc1c(Br)ccc2c(N3CCNCC3)nc(Cl)nc12. The molecule has 4 nitrogen and oxygen atoms in total. The van der Waals surface area contributed by atoms with E-state index >= 15 is 0 Å². The van der Waals surface area contributed by atoms with Gasteiger partial charge in [0.15, 0.2) is 5.82 Å². The van der Waals surface area contributed by atoms with Crippen LogP contribution in [0.5, 0.6) is 0 Å². The van der Waals surface area contributed by atoms with E-state index in [1.807, 2.05) is 6.07 Å². The van der Waals surface area contributed by atoms with Gasteiger partial charge in [-0.05, 0) is 39.7 Å². The van der Waals surface area contributed by atoms with Gasteiger partial charge < -0.3 is 10.2 Å². The Bertz CT molecular complexity index is 631. The van der Waals surface area contributed by atoms with Crippen molar-refractivity contribution in [3.05, 3.63) is 27.7 Å². The third kappa shape index (κ3) is 2.40. The first-order chi connectivity index (χ1) is 9.16. The minimum atomic E-state index is -0.404. The molecule has 1 saturated heterocycles. The first-order valence-corrected chi connectivity index (χ1v) is 7.11. The average Bonchev–Trinajstić information content (AvgIpc) is 2.44. The van der Waals surface area contributed by atoms with E-state index in [-0.39, 0.29) is 10.8 Å². The molecule has 19 heavy (non-hydrogen) atoms. The fourth-order valence-electron chi connectivity index (χ4n) is 2.21. The number of nitrogens with one attached hydrogen (secondary N) is 1. The molecule has 0 amide bonds. The van der Waals surface area contributed by atoms with Gasteiger partial charge in [-0.15, -0.1) is 0 Å². The second-order valence-corrected chi connectivity index (χ2v) is 5.50. The number of halogens is 3. The van der Waals surface area contributed by atoms with E-state index in [9.17, 15) is 4.39 Å².